The van der Waals surface area contributed by atoms with Gasteiger partial charge in [0, 0.05) is 22.4 Å². The van der Waals surface area contributed by atoms with Crippen molar-refractivity contribution in [2.45, 2.75) is 25.2 Å². The van der Waals surface area contributed by atoms with Crippen LogP contribution in [0.15, 0.2) is 152 Å². The fourth-order valence-electron chi connectivity index (χ4n) is 6.92. The van der Waals surface area contributed by atoms with Crippen LogP contribution in [0.4, 0.5) is 0 Å². The summed E-state index contributed by atoms with van der Waals surface area (Å²) in [5.41, 5.74) is 13.1. The lowest BCUT2D eigenvalue weighted by atomic mass is 9.86. The van der Waals surface area contributed by atoms with Gasteiger partial charge in [0.2, 0.25) is 0 Å². The van der Waals surface area contributed by atoms with Crippen LogP contribution < -0.4 is 0 Å². The van der Waals surface area contributed by atoms with Crippen molar-refractivity contribution in [1.29, 1.82) is 10.5 Å². The van der Waals surface area contributed by atoms with E-state index in [1.54, 1.807) is 0 Å². The minimum atomic E-state index is 0.0363. The highest BCUT2D eigenvalue weighted by atomic mass is 14.9. The van der Waals surface area contributed by atoms with Crippen LogP contribution in [-0.2, 0) is 0 Å². The summed E-state index contributed by atoms with van der Waals surface area (Å²) in [6, 6.07) is 43.4. The third-order valence-electron chi connectivity index (χ3n) is 9.54. The highest BCUT2D eigenvalue weighted by Crippen LogP contribution is 2.40. The number of nitriles is 2. The molecule has 0 bridgehead atoms. The lowest BCUT2D eigenvalue weighted by Gasteiger charge is -2.21. The number of hydrogen-bond donors (Lipinski definition) is 0. The molecule has 0 amide bonds. The molecule has 0 radical (unpaired) electrons. The van der Waals surface area contributed by atoms with Crippen LogP contribution in [0.5, 0.6) is 0 Å². The van der Waals surface area contributed by atoms with Gasteiger partial charge in [-0.25, -0.2) is 9.97 Å². The van der Waals surface area contributed by atoms with Gasteiger partial charge in [-0.05, 0) is 94.6 Å². The van der Waals surface area contributed by atoms with Gasteiger partial charge in [0.05, 0.1) is 34.5 Å². The number of nitrogens with zero attached hydrogens (tertiary/aromatic N) is 4. The van der Waals surface area contributed by atoms with Gasteiger partial charge in [0.25, 0.3) is 0 Å². The summed E-state index contributed by atoms with van der Waals surface area (Å²) < 4.78 is 0. The molecule has 2 aliphatic carbocycles. The molecule has 1 unspecified atom stereocenters. The number of fused-ring (bicyclic) bond motifs is 1. The fourth-order valence-corrected chi connectivity index (χ4v) is 6.92. The van der Waals surface area contributed by atoms with Crippen molar-refractivity contribution in [2.24, 2.45) is 0 Å². The Balaban J connectivity index is 1.29. The Kier molecular flexibility index (Phi) is 8.27. The lowest BCUT2D eigenvalue weighted by Crippen LogP contribution is -2.06. The van der Waals surface area contributed by atoms with Crippen molar-refractivity contribution >= 4 is 22.0 Å². The van der Waals surface area contributed by atoms with Crippen molar-refractivity contribution in [3.63, 3.8) is 0 Å². The van der Waals surface area contributed by atoms with Gasteiger partial charge >= 0.3 is 0 Å². The van der Waals surface area contributed by atoms with Crippen molar-refractivity contribution in [1.82, 2.24) is 9.97 Å². The average Bonchev–Trinajstić information content (AvgIpc) is 3.21. The van der Waals surface area contributed by atoms with E-state index in [1.165, 1.54) is 11.1 Å². The van der Waals surface area contributed by atoms with E-state index in [0.717, 1.165) is 74.8 Å². The molecule has 0 N–H and O–H groups in total. The molecule has 5 aromatic carbocycles. The molecule has 50 heavy (non-hydrogen) atoms. The van der Waals surface area contributed by atoms with Gasteiger partial charge in [-0.1, -0.05) is 115 Å². The molecule has 4 nitrogen and oxygen atoms in total. The van der Waals surface area contributed by atoms with Gasteiger partial charge in [-0.2, -0.15) is 10.5 Å². The molecule has 1 heterocycles. The summed E-state index contributed by atoms with van der Waals surface area (Å²) in [4.78, 5) is 10.7. The minimum absolute atomic E-state index is 0.0363. The largest absolute Gasteiger partial charge is 0.232 e. The Labute approximate surface area is 292 Å². The molecule has 1 aromatic heterocycles. The van der Waals surface area contributed by atoms with Crippen LogP contribution in [0.25, 0.3) is 55.7 Å². The maximum atomic E-state index is 9.47. The summed E-state index contributed by atoms with van der Waals surface area (Å²) in [5.74, 6) is 0.716. The molecule has 0 fully saturated rings. The molecule has 0 saturated carbocycles. The minimum Gasteiger partial charge on any atom is -0.232 e. The quantitative estimate of drug-likeness (QED) is 0.182. The molecule has 1 atom stereocenters. The smallest absolute Gasteiger partial charge is 0.160 e. The van der Waals surface area contributed by atoms with Crippen LogP contribution in [0.2, 0.25) is 0 Å². The second-order valence-corrected chi connectivity index (χ2v) is 12.7. The predicted octanol–water partition coefficient (Wildman–Crippen LogP) is 11.2. The second-order valence-electron chi connectivity index (χ2n) is 12.7. The third kappa shape index (κ3) is 6.08. The standard InChI is InChI=1S/C46H32N4/c47-29-31-9-7-15-39(25-31)34-17-21-37(22-18-34)44-43-28-41(33-11-3-1-4-12-33)27-42(36-13-5-2-6-14-36)45(43)50-46(49-44)38-23-19-35(20-24-38)40-16-8-10-32(26-40)30-48/h1-3,5-11,13-21,23-28,37H,4,12,22H2. The first-order valence-corrected chi connectivity index (χ1v) is 16.9. The monoisotopic (exact) mass is 640 g/mol. The molecule has 4 heteroatoms. The van der Waals surface area contributed by atoms with E-state index >= 15 is 0 Å². The van der Waals surface area contributed by atoms with E-state index in [0.29, 0.717) is 17.0 Å². The normalized spacial score (nSPS) is 15.2. The Bertz CT molecular complexity index is 2470. The Morgan fingerprint density at radius 3 is 2.06 bits per heavy atom. The average molecular weight is 641 g/mol. The van der Waals surface area contributed by atoms with Crippen molar-refractivity contribution < 1.29 is 0 Å². The zero-order chi connectivity index (χ0) is 33.9. The van der Waals surface area contributed by atoms with Gasteiger partial charge in [-0.15, -0.1) is 0 Å². The topological polar surface area (TPSA) is 73.4 Å². The van der Waals surface area contributed by atoms with Crippen LogP contribution in [0.1, 0.15) is 53.1 Å². The van der Waals surface area contributed by atoms with Crippen molar-refractivity contribution in [3.8, 4) is 45.8 Å². The summed E-state index contributed by atoms with van der Waals surface area (Å²) in [7, 11) is 0. The van der Waals surface area contributed by atoms with Crippen molar-refractivity contribution in [2.75, 3.05) is 0 Å². The van der Waals surface area contributed by atoms with Crippen LogP contribution in [0, 0.1) is 22.7 Å². The summed E-state index contributed by atoms with van der Waals surface area (Å²) in [5, 5.41) is 19.9. The molecule has 236 valence electrons. The molecule has 0 saturated heterocycles. The highest BCUT2D eigenvalue weighted by Gasteiger charge is 2.22. The van der Waals surface area contributed by atoms with E-state index in [9.17, 15) is 10.5 Å². The van der Waals surface area contributed by atoms with Crippen LogP contribution in [0.3, 0.4) is 0 Å². The predicted molar refractivity (Wildman–Crippen MR) is 203 cm³/mol. The highest BCUT2D eigenvalue weighted by molar-refractivity contribution is 5.99. The van der Waals surface area contributed by atoms with E-state index in [-0.39, 0.29) is 5.92 Å². The third-order valence-corrected chi connectivity index (χ3v) is 9.54. The van der Waals surface area contributed by atoms with Gasteiger partial charge in [0.1, 0.15) is 0 Å². The molecule has 6 aromatic rings. The zero-order valence-corrected chi connectivity index (χ0v) is 27.4. The lowest BCUT2D eigenvalue weighted by molar-refractivity contribution is 0.825. The van der Waals surface area contributed by atoms with Gasteiger partial charge < -0.3 is 0 Å². The number of allylic oxidation sites excluding steroid dienone is 8. The Morgan fingerprint density at radius 2 is 1.36 bits per heavy atom. The number of rotatable bonds is 6. The number of aromatic nitrogens is 2. The van der Waals surface area contributed by atoms with E-state index in [4.69, 9.17) is 9.97 Å². The summed E-state index contributed by atoms with van der Waals surface area (Å²) >= 11 is 0. The molecule has 8 rings (SSSR count). The first-order valence-electron chi connectivity index (χ1n) is 16.9. The maximum Gasteiger partial charge on any atom is 0.160 e. The Morgan fingerprint density at radius 1 is 0.640 bits per heavy atom. The van der Waals surface area contributed by atoms with Crippen molar-refractivity contribution in [3.05, 3.63) is 180 Å². The Hall–Kier alpha value is -6.62. The molecular weight excluding hydrogens is 609 g/mol. The fraction of sp³-hybridized carbons (Fsp3) is 0.0870. The molecule has 0 spiro atoms. The SMILES string of the molecule is N#Cc1cccc(C2=CCC(c3nc(-c4ccc(-c5cccc(C#N)c5)cc4)nc4c(-c5ccccc5)cc(C5=CC=CCC5)cc34)C=C2)c1. The van der Waals surface area contributed by atoms with E-state index < -0.39 is 0 Å². The van der Waals surface area contributed by atoms with Gasteiger partial charge in [0.15, 0.2) is 5.82 Å². The van der Waals surface area contributed by atoms with Crippen LogP contribution in [-0.4, -0.2) is 9.97 Å². The summed E-state index contributed by atoms with van der Waals surface area (Å²) in [6.07, 6.45) is 16.1. The zero-order valence-electron chi connectivity index (χ0n) is 27.4. The second kappa shape index (κ2) is 13.5. The maximum absolute atomic E-state index is 9.47. The van der Waals surface area contributed by atoms with Crippen LogP contribution >= 0.6 is 0 Å². The first kappa shape index (κ1) is 30.7. The number of benzene rings is 5. The molecule has 2 aliphatic rings. The van der Waals surface area contributed by atoms with Gasteiger partial charge in [-0.3, -0.25) is 0 Å². The molecule has 0 aliphatic heterocycles. The summed E-state index contributed by atoms with van der Waals surface area (Å²) in [6.45, 7) is 0. The number of hydrogen-bond acceptors (Lipinski definition) is 4. The first-order chi connectivity index (χ1) is 24.7. The van der Waals surface area contributed by atoms with E-state index in [1.807, 2.05) is 48.5 Å². The van der Waals surface area contributed by atoms with E-state index in [2.05, 4.69) is 115 Å². The molecular formula is C46H32N4.